The maximum absolute atomic E-state index is 4.28. The Kier molecular flexibility index (Phi) is 2.64. The standard InChI is InChI=1S/C12H10BrN/c1-9-7-11(8-12(13)14-9)10-5-3-2-4-6-10/h2-8H,1H3. The van der Waals surface area contributed by atoms with Crippen LogP contribution in [0.1, 0.15) is 5.69 Å². The highest BCUT2D eigenvalue weighted by Gasteiger charge is 1.99. The van der Waals surface area contributed by atoms with Crippen LogP contribution in [-0.4, -0.2) is 4.98 Å². The van der Waals surface area contributed by atoms with Crippen LogP contribution in [0.3, 0.4) is 0 Å². The summed E-state index contributed by atoms with van der Waals surface area (Å²) in [6.45, 7) is 2.00. The lowest BCUT2D eigenvalue weighted by Gasteiger charge is -2.03. The van der Waals surface area contributed by atoms with Crippen molar-refractivity contribution in [1.82, 2.24) is 4.98 Å². The molecule has 1 aromatic heterocycles. The fourth-order valence-electron chi connectivity index (χ4n) is 1.43. The normalized spacial score (nSPS) is 10.1. The molecule has 0 fully saturated rings. The van der Waals surface area contributed by atoms with E-state index in [1.54, 1.807) is 0 Å². The van der Waals surface area contributed by atoms with Gasteiger partial charge in [0, 0.05) is 5.69 Å². The number of aromatic nitrogens is 1. The predicted molar refractivity (Wildman–Crippen MR) is 62.1 cm³/mol. The molecule has 0 atom stereocenters. The summed E-state index contributed by atoms with van der Waals surface area (Å²) in [5.74, 6) is 0. The van der Waals surface area contributed by atoms with Crippen molar-refractivity contribution in [1.29, 1.82) is 0 Å². The monoisotopic (exact) mass is 247 g/mol. The Morgan fingerprint density at radius 2 is 1.71 bits per heavy atom. The predicted octanol–water partition coefficient (Wildman–Crippen LogP) is 3.82. The highest BCUT2D eigenvalue weighted by molar-refractivity contribution is 9.10. The maximum atomic E-state index is 4.28. The first-order chi connectivity index (χ1) is 6.75. The summed E-state index contributed by atoms with van der Waals surface area (Å²) in [6, 6.07) is 14.4. The van der Waals surface area contributed by atoms with Crippen LogP contribution in [0.4, 0.5) is 0 Å². The van der Waals surface area contributed by atoms with Crippen LogP contribution in [0.5, 0.6) is 0 Å². The summed E-state index contributed by atoms with van der Waals surface area (Å²) in [5.41, 5.74) is 3.45. The van der Waals surface area contributed by atoms with Crippen LogP contribution in [0.2, 0.25) is 0 Å². The topological polar surface area (TPSA) is 12.9 Å². The van der Waals surface area contributed by atoms with Crippen molar-refractivity contribution in [2.45, 2.75) is 6.92 Å². The molecule has 0 radical (unpaired) electrons. The molecule has 0 N–H and O–H groups in total. The molecule has 0 aliphatic heterocycles. The van der Waals surface area contributed by atoms with Gasteiger partial charge in [-0.25, -0.2) is 4.98 Å². The summed E-state index contributed by atoms with van der Waals surface area (Å²) in [6.07, 6.45) is 0. The van der Waals surface area contributed by atoms with Gasteiger partial charge in [-0.05, 0) is 46.1 Å². The van der Waals surface area contributed by atoms with E-state index < -0.39 is 0 Å². The highest BCUT2D eigenvalue weighted by Crippen LogP contribution is 2.22. The molecule has 1 nitrogen and oxygen atoms in total. The van der Waals surface area contributed by atoms with E-state index in [1.165, 1.54) is 11.1 Å². The molecule has 0 amide bonds. The van der Waals surface area contributed by atoms with Gasteiger partial charge in [-0.1, -0.05) is 30.3 Å². The summed E-state index contributed by atoms with van der Waals surface area (Å²) in [4.78, 5) is 4.28. The molecule has 0 unspecified atom stereocenters. The molecule has 0 saturated heterocycles. The van der Waals surface area contributed by atoms with Gasteiger partial charge in [-0.15, -0.1) is 0 Å². The molecule has 2 aromatic rings. The molecule has 14 heavy (non-hydrogen) atoms. The fourth-order valence-corrected chi connectivity index (χ4v) is 1.95. The molecule has 0 spiro atoms. The lowest BCUT2D eigenvalue weighted by Crippen LogP contribution is -1.84. The van der Waals surface area contributed by atoms with Crippen LogP contribution in [0.25, 0.3) is 11.1 Å². The zero-order valence-corrected chi connectivity index (χ0v) is 9.45. The van der Waals surface area contributed by atoms with E-state index >= 15 is 0 Å². The van der Waals surface area contributed by atoms with Gasteiger partial charge in [-0.3, -0.25) is 0 Å². The van der Waals surface area contributed by atoms with E-state index in [2.05, 4.69) is 39.1 Å². The summed E-state index contributed by atoms with van der Waals surface area (Å²) < 4.78 is 0.886. The van der Waals surface area contributed by atoms with Crippen LogP contribution in [-0.2, 0) is 0 Å². The molecule has 0 aliphatic rings. The average Bonchev–Trinajstić information content (AvgIpc) is 2.18. The smallest absolute Gasteiger partial charge is 0.106 e. The Balaban J connectivity index is 2.52. The van der Waals surface area contributed by atoms with E-state index in [4.69, 9.17) is 0 Å². The van der Waals surface area contributed by atoms with E-state index in [0.29, 0.717) is 0 Å². The first-order valence-electron chi connectivity index (χ1n) is 4.45. The van der Waals surface area contributed by atoms with Gasteiger partial charge in [0.1, 0.15) is 4.60 Å². The minimum atomic E-state index is 0.886. The third kappa shape index (κ3) is 2.02. The molecule has 0 saturated carbocycles. The van der Waals surface area contributed by atoms with Gasteiger partial charge in [0.2, 0.25) is 0 Å². The first-order valence-corrected chi connectivity index (χ1v) is 5.24. The van der Waals surface area contributed by atoms with Gasteiger partial charge in [0.15, 0.2) is 0 Å². The van der Waals surface area contributed by atoms with Crippen LogP contribution >= 0.6 is 15.9 Å². The van der Waals surface area contributed by atoms with Crippen molar-refractivity contribution >= 4 is 15.9 Å². The quantitative estimate of drug-likeness (QED) is 0.699. The highest BCUT2D eigenvalue weighted by atomic mass is 79.9. The first kappa shape index (κ1) is 9.41. The van der Waals surface area contributed by atoms with Crippen molar-refractivity contribution in [2.24, 2.45) is 0 Å². The Morgan fingerprint density at radius 1 is 1.00 bits per heavy atom. The number of aryl methyl sites for hydroxylation is 1. The lowest BCUT2D eigenvalue weighted by molar-refractivity contribution is 1.17. The SMILES string of the molecule is Cc1cc(-c2ccccc2)cc(Br)n1. The number of nitrogens with zero attached hydrogens (tertiary/aromatic N) is 1. The van der Waals surface area contributed by atoms with Gasteiger partial charge in [0.05, 0.1) is 0 Å². The largest absolute Gasteiger partial charge is 0.246 e. The second kappa shape index (κ2) is 3.93. The van der Waals surface area contributed by atoms with E-state index in [0.717, 1.165) is 10.3 Å². The molecule has 1 aromatic carbocycles. The Hall–Kier alpha value is -1.15. The van der Waals surface area contributed by atoms with Crippen LogP contribution < -0.4 is 0 Å². The number of halogens is 1. The number of benzene rings is 1. The zero-order valence-electron chi connectivity index (χ0n) is 7.87. The molecule has 2 rings (SSSR count). The number of pyridine rings is 1. The summed E-state index contributed by atoms with van der Waals surface area (Å²) >= 11 is 3.40. The number of rotatable bonds is 1. The lowest BCUT2D eigenvalue weighted by atomic mass is 10.1. The van der Waals surface area contributed by atoms with Gasteiger partial charge >= 0.3 is 0 Å². The van der Waals surface area contributed by atoms with Crippen LogP contribution in [0, 0.1) is 6.92 Å². The summed E-state index contributed by atoms with van der Waals surface area (Å²) in [5, 5.41) is 0. The fraction of sp³-hybridized carbons (Fsp3) is 0.0833. The minimum Gasteiger partial charge on any atom is -0.246 e. The van der Waals surface area contributed by atoms with Crippen molar-refractivity contribution in [3.05, 3.63) is 52.8 Å². The van der Waals surface area contributed by atoms with E-state index in [-0.39, 0.29) is 0 Å². The number of hydrogen-bond acceptors (Lipinski definition) is 1. The molecule has 2 heteroatoms. The Bertz CT molecular complexity index is 417. The average molecular weight is 248 g/mol. The molecule has 1 heterocycles. The van der Waals surface area contributed by atoms with E-state index in [9.17, 15) is 0 Å². The molecular formula is C12H10BrN. The van der Waals surface area contributed by atoms with Gasteiger partial charge in [0.25, 0.3) is 0 Å². The van der Waals surface area contributed by atoms with Crippen molar-refractivity contribution in [2.75, 3.05) is 0 Å². The van der Waals surface area contributed by atoms with Crippen molar-refractivity contribution < 1.29 is 0 Å². The summed E-state index contributed by atoms with van der Waals surface area (Å²) in [7, 11) is 0. The number of hydrogen-bond donors (Lipinski definition) is 0. The minimum absolute atomic E-state index is 0.886. The van der Waals surface area contributed by atoms with Gasteiger partial charge < -0.3 is 0 Å². The molecule has 0 aliphatic carbocycles. The van der Waals surface area contributed by atoms with Crippen LogP contribution in [0.15, 0.2) is 47.1 Å². The van der Waals surface area contributed by atoms with Crippen molar-refractivity contribution in [3.63, 3.8) is 0 Å². The second-order valence-corrected chi connectivity index (χ2v) is 4.00. The Morgan fingerprint density at radius 3 is 2.36 bits per heavy atom. The van der Waals surface area contributed by atoms with E-state index in [1.807, 2.05) is 31.2 Å². The maximum Gasteiger partial charge on any atom is 0.106 e. The third-order valence-electron chi connectivity index (χ3n) is 2.03. The molecule has 70 valence electrons. The second-order valence-electron chi connectivity index (χ2n) is 3.19. The molecule has 0 bridgehead atoms. The zero-order chi connectivity index (χ0) is 9.97. The van der Waals surface area contributed by atoms with Gasteiger partial charge in [-0.2, -0.15) is 0 Å². The third-order valence-corrected chi connectivity index (χ3v) is 2.44. The molecular weight excluding hydrogens is 238 g/mol. The Labute approximate surface area is 91.9 Å². The van der Waals surface area contributed by atoms with Crippen molar-refractivity contribution in [3.8, 4) is 11.1 Å².